The van der Waals surface area contributed by atoms with Crippen LogP contribution in [0.4, 0.5) is 18.9 Å². The van der Waals surface area contributed by atoms with Crippen LogP contribution in [0.3, 0.4) is 0 Å². The third-order valence-electron chi connectivity index (χ3n) is 2.80. The van der Waals surface area contributed by atoms with Crippen molar-refractivity contribution in [3.05, 3.63) is 28.2 Å². The lowest BCUT2D eigenvalue weighted by atomic mass is 10.1. The van der Waals surface area contributed by atoms with Crippen LogP contribution in [0.2, 0.25) is 0 Å². The Morgan fingerprint density at radius 1 is 1.33 bits per heavy atom. The average Bonchev–Trinajstić information content (AvgIpc) is 2.31. The molecule has 1 nitrogen and oxygen atoms in total. The summed E-state index contributed by atoms with van der Waals surface area (Å²) in [5.41, 5.74) is -0.0889. The summed E-state index contributed by atoms with van der Waals surface area (Å²) in [5, 5.41) is 3.18. The topological polar surface area (TPSA) is 12.0 Å². The molecule has 1 aromatic rings. The van der Waals surface area contributed by atoms with Gasteiger partial charge in [0, 0.05) is 22.0 Å². The van der Waals surface area contributed by atoms with Gasteiger partial charge in [-0.05, 0) is 36.8 Å². The van der Waals surface area contributed by atoms with Crippen LogP contribution in [0, 0.1) is 0 Å². The van der Waals surface area contributed by atoms with Crippen molar-refractivity contribution in [2.24, 2.45) is 0 Å². The largest absolute Gasteiger partial charge is 0.417 e. The fourth-order valence-corrected chi connectivity index (χ4v) is 3.47. The minimum absolute atomic E-state index is 0.0820. The minimum atomic E-state index is -4.32. The highest BCUT2D eigenvalue weighted by Crippen LogP contribution is 2.36. The number of rotatable bonds is 2. The second-order valence-electron chi connectivity index (χ2n) is 4.25. The molecule has 6 heteroatoms. The van der Waals surface area contributed by atoms with Crippen LogP contribution in [-0.4, -0.2) is 17.5 Å². The summed E-state index contributed by atoms with van der Waals surface area (Å²) in [4.78, 5) is 0. The molecule has 18 heavy (non-hydrogen) atoms. The van der Waals surface area contributed by atoms with Gasteiger partial charge in [-0.15, -0.1) is 0 Å². The van der Waals surface area contributed by atoms with Gasteiger partial charge in [-0.2, -0.15) is 24.9 Å². The first kappa shape index (κ1) is 14.1. The number of thioether (sulfide) groups is 1. The number of alkyl halides is 3. The van der Waals surface area contributed by atoms with E-state index >= 15 is 0 Å². The Labute approximate surface area is 117 Å². The van der Waals surface area contributed by atoms with Crippen molar-refractivity contribution in [2.45, 2.75) is 25.1 Å². The highest BCUT2D eigenvalue weighted by Gasteiger charge is 2.33. The molecule has 1 unspecified atom stereocenters. The van der Waals surface area contributed by atoms with E-state index in [4.69, 9.17) is 0 Å². The Morgan fingerprint density at radius 3 is 2.72 bits per heavy atom. The van der Waals surface area contributed by atoms with E-state index in [0.717, 1.165) is 24.3 Å². The van der Waals surface area contributed by atoms with Crippen LogP contribution >= 0.6 is 27.7 Å². The summed E-state index contributed by atoms with van der Waals surface area (Å²) in [7, 11) is 0. The monoisotopic (exact) mass is 339 g/mol. The van der Waals surface area contributed by atoms with Gasteiger partial charge in [-0.1, -0.05) is 15.9 Å². The van der Waals surface area contributed by atoms with Crippen molar-refractivity contribution in [3.63, 3.8) is 0 Å². The molecule has 0 aromatic heterocycles. The molecule has 1 aliphatic heterocycles. The molecule has 0 spiro atoms. The molecule has 1 fully saturated rings. The Hall–Kier alpha value is -0.360. The summed E-state index contributed by atoms with van der Waals surface area (Å²) in [6.45, 7) is 0. The van der Waals surface area contributed by atoms with Crippen molar-refractivity contribution in [2.75, 3.05) is 16.8 Å². The number of nitrogens with one attached hydrogen (secondary N) is 1. The molecule has 1 saturated heterocycles. The zero-order chi connectivity index (χ0) is 13.2. The van der Waals surface area contributed by atoms with Crippen LogP contribution in [0.25, 0.3) is 0 Å². The standard InChI is InChI=1S/C12H13BrF3NS/c13-11-4-3-8(6-10(11)12(14,15)16)17-9-2-1-5-18-7-9/h3-4,6,9,17H,1-2,5,7H2. The molecule has 0 saturated carbocycles. The van der Waals surface area contributed by atoms with Gasteiger partial charge in [0.2, 0.25) is 0 Å². The summed E-state index contributed by atoms with van der Waals surface area (Å²) in [6, 6.07) is 4.56. The molecule has 1 aliphatic rings. The van der Waals surface area contributed by atoms with E-state index in [1.54, 1.807) is 6.07 Å². The molecule has 1 N–H and O–H groups in total. The van der Waals surface area contributed by atoms with E-state index in [9.17, 15) is 13.2 Å². The van der Waals surface area contributed by atoms with Gasteiger partial charge in [0.1, 0.15) is 0 Å². The normalized spacial score (nSPS) is 20.8. The lowest BCUT2D eigenvalue weighted by Crippen LogP contribution is -2.25. The molecule has 0 aliphatic carbocycles. The van der Waals surface area contributed by atoms with E-state index < -0.39 is 11.7 Å². The van der Waals surface area contributed by atoms with Gasteiger partial charge < -0.3 is 5.32 Å². The SMILES string of the molecule is FC(F)(F)c1cc(NC2CCCSC2)ccc1Br. The molecule has 100 valence electrons. The first-order chi connectivity index (χ1) is 8.47. The van der Waals surface area contributed by atoms with Crippen LogP contribution in [0.15, 0.2) is 22.7 Å². The first-order valence-corrected chi connectivity index (χ1v) is 7.62. The molecular weight excluding hydrogens is 327 g/mol. The third-order valence-corrected chi connectivity index (χ3v) is 4.71. The fourth-order valence-electron chi connectivity index (χ4n) is 1.92. The van der Waals surface area contributed by atoms with Crippen molar-refractivity contribution >= 4 is 33.4 Å². The Bertz CT molecular complexity index is 416. The van der Waals surface area contributed by atoms with Crippen LogP contribution in [0.5, 0.6) is 0 Å². The second kappa shape index (κ2) is 5.74. The van der Waals surface area contributed by atoms with Crippen molar-refractivity contribution in [3.8, 4) is 0 Å². The summed E-state index contributed by atoms with van der Waals surface area (Å²) in [5.74, 6) is 2.10. The number of hydrogen-bond acceptors (Lipinski definition) is 2. The van der Waals surface area contributed by atoms with E-state index in [0.29, 0.717) is 5.69 Å². The molecule has 0 bridgehead atoms. The first-order valence-electron chi connectivity index (χ1n) is 5.68. The maximum Gasteiger partial charge on any atom is 0.417 e. The number of hydrogen-bond donors (Lipinski definition) is 1. The molecule has 1 aromatic carbocycles. The highest BCUT2D eigenvalue weighted by atomic mass is 79.9. The molecule has 1 heterocycles. The molecular formula is C12H13BrF3NS. The van der Waals surface area contributed by atoms with Crippen molar-refractivity contribution in [1.82, 2.24) is 0 Å². The fraction of sp³-hybridized carbons (Fsp3) is 0.500. The van der Waals surface area contributed by atoms with Gasteiger partial charge in [-0.3, -0.25) is 0 Å². The van der Waals surface area contributed by atoms with Gasteiger partial charge in [0.05, 0.1) is 5.56 Å². The van der Waals surface area contributed by atoms with Gasteiger partial charge in [-0.25, -0.2) is 0 Å². The van der Waals surface area contributed by atoms with Crippen molar-refractivity contribution < 1.29 is 13.2 Å². The summed E-state index contributed by atoms with van der Waals surface area (Å²) < 4.78 is 38.3. The smallest absolute Gasteiger partial charge is 0.381 e. The van der Waals surface area contributed by atoms with E-state index in [1.807, 2.05) is 11.8 Å². The average molecular weight is 340 g/mol. The molecule has 2 rings (SSSR count). The second-order valence-corrected chi connectivity index (χ2v) is 6.25. The zero-order valence-electron chi connectivity index (χ0n) is 9.56. The minimum Gasteiger partial charge on any atom is -0.381 e. The van der Waals surface area contributed by atoms with Crippen LogP contribution in [0.1, 0.15) is 18.4 Å². The lowest BCUT2D eigenvalue weighted by molar-refractivity contribution is -0.138. The van der Waals surface area contributed by atoms with Gasteiger partial charge in [0.25, 0.3) is 0 Å². The third kappa shape index (κ3) is 3.57. The highest BCUT2D eigenvalue weighted by molar-refractivity contribution is 9.10. The van der Waals surface area contributed by atoms with Crippen LogP contribution in [-0.2, 0) is 6.18 Å². The van der Waals surface area contributed by atoms with E-state index in [1.165, 1.54) is 12.1 Å². The Morgan fingerprint density at radius 2 is 2.11 bits per heavy atom. The number of halogens is 4. The maximum absolute atomic E-state index is 12.7. The van der Waals surface area contributed by atoms with Crippen molar-refractivity contribution in [1.29, 1.82) is 0 Å². The number of anilines is 1. The molecule has 1 atom stereocenters. The quantitative estimate of drug-likeness (QED) is 0.832. The molecule has 0 amide bonds. The lowest BCUT2D eigenvalue weighted by Gasteiger charge is -2.24. The summed E-state index contributed by atoms with van der Waals surface area (Å²) >= 11 is 4.78. The zero-order valence-corrected chi connectivity index (χ0v) is 12.0. The maximum atomic E-state index is 12.7. The Kier molecular flexibility index (Phi) is 4.48. The molecule has 0 radical (unpaired) electrons. The van der Waals surface area contributed by atoms with Crippen LogP contribution < -0.4 is 5.32 Å². The number of benzene rings is 1. The predicted molar refractivity (Wildman–Crippen MR) is 73.1 cm³/mol. The predicted octanol–water partition coefficient (Wildman–Crippen LogP) is 4.78. The van der Waals surface area contributed by atoms with Gasteiger partial charge >= 0.3 is 6.18 Å². The summed E-state index contributed by atoms with van der Waals surface area (Å²) in [6.07, 6.45) is -2.19. The van der Waals surface area contributed by atoms with E-state index in [2.05, 4.69) is 21.2 Å². The van der Waals surface area contributed by atoms with E-state index in [-0.39, 0.29) is 10.5 Å². The Balaban J connectivity index is 2.14. The van der Waals surface area contributed by atoms with Gasteiger partial charge in [0.15, 0.2) is 0 Å².